The highest BCUT2D eigenvalue weighted by molar-refractivity contribution is 5.79. The molecule has 0 radical (unpaired) electrons. The molecule has 0 fully saturated rings. The van der Waals surface area contributed by atoms with Gasteiger partial charge in [0.2, 0.25) is 0 Å². The zero-order valence-electron chi connectivity index (χ0n) is 23.3. The topological polar surface area (TPSA) is 142 Å². The van der Waals surface area contributed by atoms with Gasteiger partial charge in [-0.25, -0.2) is 0 Å². The molecule has 9 nitrogen and oxygen atoms in total. The maximum atomic E-state index is 12.6. The summed E-state index contributed by atoms with van der Waals surface area (Å²) >= 11 is 0. The summed E-state index contributed by atoms with van der Waals surface area (Å²) in [5, 5.41) is 9.66. The molecule has 0 aliphatic carbocycles. The summed E-state index contributed by atoms with van der Waals surface area (Å²) < 4.78 is 16.7. The smallest absolute Gasteiger partial charge is 0.321 e. The number of carbonyl (C=O) groups excluding carboxylic acids is 3. The minimum atomic E-state index is -1.32. The van der Waals surface area contributed by atoms with Crippen molar-refractivity contribution < 1.29 is 38.5 Å². The minimum Gasteiger partial charge on any atom is -0.480 e. The van der Waals surface area contributed by atoms with Gasteiger partial charge < -0.3 is 25.1 Å². The Morgan fingerprint density at radius 1 is 0.838 bits per heavy atom. The van der Waals surface area contributed by atoms with E-state index in [0.29, 0.717) is 18.4 Å². The number of carbonyl (C=O) groups is 4. The summed E-state index contributed by atoms with van der Waals surface area (Å²) in [7, 11) is 0. The van der Waals surface area contributed by atoms with Crippen LogP contribution in [0.3, 0.4) is 0 Å². The lowest BCUT2D eigenvalue weighted by atomic mass is 9.86. The summed E-state index contributed by atoms with van der Waals surface area (Å²) in [5.74, 6) is -4.32. The van der Waals surface area contributed by atoms with Crippen molar-refractivity contribution in [2.75, 3.05) is 0 Å². The molecule has 1 aromatic rings. The number of rotatable bonds is 14. The molecule has 1 aromatic carbocycles. The lowest BCUT2D eigenvalue weighted by Gasteiger charge is -2.26. The van der Waals surface area contributed by atoms with Gasteiger partial charge in [-0.2, -0.15) is 0 Å². The van der Waals surface area contributed by atoms with Crippen LogP contribution in [0.1, 0.15) is 86.1 Å². The van der Waals surface area contributed by atoms with E-state index in [0.717, 1.165) is 0 Å². The first-order valence-corrected chi connectivity index (χ1v) is 13.0. The van der Waals surface area contributed by atoms with E-state index in [2.05, 4.69) is 0 Å². The summed E-state index contributed by atoms with van der Waals surface area (Å²) in [6, 6.07) is 3.19. The molecular weight excluding hydrogens is 478 g/mol. The Kier molecular flexibility index (Phi) is 12.8. The highest BCUT2D eigenvalue weighted by atomic mass is 16.6. The Balaban J connectivity index is 3.39. The molecular formula is C28H43NO8. The summed E-state index contributed by atoms with van der Waals surface area (Å²) in [6.45, 7) is 14.4. The molecule has 0 aliphatic rings. The van der Waals surface area contributed by atoms with Crippen molar-refractivity contribution in [2.24, 2.45) is 29.4 Å². The zero-order valence-corrected chi connectivity index (χ0v) is 23.3. The van der Waals surface area contributed by atoms with Crippen LogP contribution >= 0.6 is 0 Å². The van der Waals surface area contributed by atoms with Gasteiger partial charge >= 0.3 is 23.9 Å². The molecule has 0 aliphatic heterocycles. The van der Waals surface area contributed by atoms with Crippen molar-refractivity contribution in [3.63, 3.8) is 0 Å². The Labute approximate surface area is 220 Å². The van der Waals surface area contributed by atoms with E-state index in [4.69, 9.17) is 19.9 Å². The van der Waals surface area contributed by atoms with Crippen molar-refractivity contribution in [2.45, 2.75) is 92.7 Å². The number of hydrogen-bond donors (Lipinski definition) is 2. The Bertz CT molecular complexity index is 944. The fourth-order valence-corrected chi connectivity index (χ4v) is 3.32. The van der Waals surface area contributed by atoms with Gasteiger partial charge in [0, 0.05) is 5.92 Å². The van der Waals surface area contributed by atoms with E-state index < -0.39 is 41.9 Å². The van der Waals surface area contributed by atoms with Crippen LogP contribution in [0.25, 0.3) is 0 Å². The fourth-order valence-electron chi connectivity index (χ4n) is 3.32. The number of nitrogens with two attached hydrogens (primary N) is 1. The molecule has 0 heterocycles. The molecule has 5 unspecified atom stereocenters. The first kappa shape index (κ1) is 32.1. The van der Waals surface area contributed by atoms with Gasteiger partial charge in [-0.1, -0.05) is 54.5 Å². The zero-order chi connectivity index (χ0) is 28.4. The Hall–Kier alpha value is -2.94. The number of benzene rings is 1. The maximum Gasteiger partial charge on any atom is 0.321 e. The van der Waals surface area contributed by atoms with Gasteiger partial charge in [0.05, 0.1) is 23.9 Å². The summed E-state index contributed by atoms with van der Waals surface area (Å²) in [4.78, 5) is 49.3. The van der Waals surface area contributed by atoms with Crippen molar-refractivity contribution in [1.29, 1.82) is 0 Å². The van der Waals surface area contributed by atoms with Crippen LogP contribution < -0.4 is 15.2 Å². The molecule has 37 heavy (non-hydrogen) atoms. The van der Waals surface area contributed by atoms with Crippen LogP contribution in [0, 0.1) is 23.7 Å². The minimum absolute atomic E-state index is 0.000111. The van der Waals surface area contributed by atoms with Crippen molar-refractivity contribution in [1.82, 2.24) is 0 Å². The second-order valence-corrected chi connectivity index (χ2v) is 10.2. The van der Waals surface area contributed by atoms with Crippen LogP contribution in [-0.2, 0) is 23.9 Å². The fraction of sp³-hybridized carbons (Fsp3) is 0.643. The molecule has 1 rings (SSSR count). The van der Waals surface area contributed by atoms with Gasteiger partial charge in [0.25, 0.3) is 0 Å². The van der Waals surface area contributed by atoms with Gasteiger partial charge in [-0.15, -0.1) is 0 Å². The third-order valence-electron chi connectivity index (χ3n) is 6.84. The van der Waals surface area contributed by atoms with Gasteiger partial charge in [-0.05, 0) is 49.8 Å². The third kappa shape index (κ3) is 9.46. The van der Waals surface area contributed by atoms with Crippen molar-refractivity contribution in [3.05, 3.63) is 23.8 Å². The first-order chi connectivity index (χ1) is 17.2. The van der Waals surface area contributed by atoms with Gasteiger partial charge in [0.1, 0.15) is 6.04 Å². The molecule has 9 heteroatoms. The van der Waals surface area contributed by atoms with Gasteiger partial charge in [0.15, 0.2) is 11.5 Å². The molecule has 0 bridgehead atoms. The van der Waals surface area contributed by atoms with Crippen LogP contribution in [0.5, 0.6) is 11.5 Å². The van der Waals surface area contributed by atoms with Crippen LogP contribution in [0.4, 0.5) is 0 Å². The molecule has 208 valence electrons. The predicted octanol–water partition coefficient (Wildman–Crippen LogP) is 4.70. The molecule has 0 amide bonds. The van der Waals surface area contributed by atoms with Crippen molar-refractivity contribution in [3.8, 4) is 11.5 Å². The van der Waals surface area contributed by atoms with E-state index in [1.54, 1.807) is 33.8 Å². The number of carboxylic acid groups (broad SMARTS) is 1. The molecule has 0 aromatic heterocycles. The van der Waals surface area contributed by atoms with Crippen LogP contribution in [0.15, 0.2) is 18.2 Å². The highest BCUT2D eigenvalue weighted by Gasteiger charge is 2.31. The van der Waals surface area contributed by atoms with E-state index in [9.17, 15) is 24.3 Å². The SMILES string of the molecule is CCC(C)C(=O)Oc1ccc(C(CC(C)OC(=O)C(C)C(C)C)[C@H](N)C(=O)O)cc1OC(=O)C(C)CC. The number of hydrogen-bond acceptors (Lipinski definition) is 8. The molecule has 3 N–H and O–H groups in total. The normalized spacial score (nSPS) is 16.2. The monoisotopic (exact) mass is 521 g/mol. The Morgan fingerprint density at radius 2 is 1.35 bits per heavy atom. The largest absolute Gasteiger partial charge is 0.480 e. The number of aliphatic carboxylic acids is 1. The molecule has 0 saturated heterocycles. The second-order valence-electron chi connectivity index (χ2n) is 10.2. The van der Waals surface area contributed by atoms with E-state index >= 15 is 0 Å². The van der Waals surface area contributed by atoms with Crippen molar-refractivity contribution >= 4 is 23.9 Å². The van der Waals surface area contributed by atoms with Gasteiger partial charge in [-0.3, -0.25) is 19.2 Å². The summed E-state index contributed by atoms with van der Waals surface area (Å²) in [5.41, 5.74) is 6.49. The average Bonchev–Trinajstić information content (AvgIpc) is 2.85. The third-order valence-corrected chi connectivity index (χ3v) is 6.84. The lowest BCUT2D eigenvalue weighted by molar-refractivity contribution is -0.154. The van der Waals surface area contributed by atoms with E-state index in [1.807, 2.05) is 27.7 Å². The maximum absolute atomic E-state index is 12.6. The second kappa shape index (κ2) is 14.7. The van der Waals surface area contributed by atoms with E-state index in [-0.39, 0.29) is 41.6 Å². The van der Waals surface area contributed by atoms with Crippen LogP contribution in [0.2, 0.25) is 0 Å². The highest BCUT2D eigenvalue weighted by Crippen LogP contribution is 2.35. The molecule has 6 atom stereocenters. The first-order valence-electron chi connectivity index (χ1n) is 13.0. The number of carboxylic acids is 1. The predicted molar refractivity (Wildman–Crippen MR) is 139 cm³/mol. The quantitative estimate of drug-likeness (QED) is 0.263. The molecule has 0 saturated carbocycles. The number of esters is 3. The average molecular weight is 522 g/mol. The summed E-state index contributed by atoms with van der Waals surface area (Å²) in [6.07, 6.45) is 0.609. The standard InChI is InChI=1S/C28H43NO8/c1-9-16(5)26(32)36-22-12-11-20(14-23(22)37-27(33)17(6)10-2)21(24(29)25(30)31)13-18(7)35-28(34)19(8)15(3)4/h11-12,14-19,21,24H,9-10,13,29H2,1-8H3,(H,30,31)/t16?,17?,18?,19?,21?,24-/m0/s1. The van der Waals surface area contributed by atoms with Crippen LogP contribution in [-0.4, -0.2) is 41.1 Å². The number of ether oxygens (including phenoxy) is 3. The van der Waals surface area contributed by atoms with E-state index in [1.165, 1.54) is 12.1 Å². The molecule has 0 spiro atoms. The lowest BCUT2D eigenvalue weighted by Crippen LogP contribution is -2.38. The Morgan fingerprint density at radius 3 is 1.81 bits per heavy atom.